The van der Waals surface area contributed by atoms with Crippen LogP contribution in [0, 0.1) is 13.8 Å². The lowest BCUT2D eigenvalue weighted by Crippen LogP contribution is -2.37. The van der Waals surface area contributed by atoms with Crippen LogP contribution in [0.15, 0.2) is 17.0 Å². The molecule has 0 aromatic heterocycles. The molecule has 1 aromatic rings. The van der Waals surface area contributed by atoms with E-state index in [1.165, 1.54) is 12.8 Å². The van der Waals surface area contributed by atoms with E-state index in [1.54, 1.807) is 12.1 Å². The van der Waals surface area contributed by atoms with Crippen LogP contribution in [-0.2, 0) is 10.0 Å². The van der Waals surface area contributed by atoms with Crippen LogP contribution in [0.5, 0.6) is 0 Å². The van der Waals surface area contributed by atoms with E-state index < -0.39 is 10.0 Å². The average Bonchev–Trinajstić information content (AvgIpc) is 3.15. The Morgan fingerprint density at radius 2 is 1.95 bits per heavy atom. The van der Waals surface area contributed by atoms with Gasteiger partial charge in [-0.2, -0.15) is 0 Å². The fourth-order valence-electron chi connectivity index (χ4n) is 3.07. The Hall–Kier alpha value is -1.11. The third-order valence-electron chi connectivity index (χ3n) is 4.54. The Morgan fingerprint density at radius 3 is 2.62 bits per heavy atom. The summed E-state index contributed by atoms with van der Waals surface area (Å²) in [4.78, 5) is 2.70. The van der Waals surface area contributed by atoms with Crippen molar-refractivity contribution in [3.8, 4) is 0 Å². The highest BCUT2D eigenvalue weighted by molar-refractivity contribution is 7.89. The number of nitrogens with one attached hydrogen (secondary N) is 1. The van der Waals surface area contributed by atoms with Crippen molar-refractivity contribution in [3.05, 3.63) is 23.3 Å². The molecule has 0 amide bonds. The minimum atomic E-state index is -3.50. The standard InChI is InChI=1S/C15H23N3O2S/c1-10-7-12(16)8-15(11(10)2)21(19,20)17-13-5-6-18(9-13)14-3-4-14/h7-8,13-14,17H,3-6,9,16H2,1-2H3. The van der Waals surface area contributed by atoms with Gasteiger partial charge in [-0.3, -0.25) is 4.90 Å². The van der Waals surface area contributed by atoms with E-state index in [2.05, 4.69) is 9.62 Å². The summed E-state index contributed by atoms with van der Waals surface area (Å²) in [7, 11) is -3.50. The van der Waals surface area contributed by atoms with Crippen molar-refractivity contribution in [2.45, 2.75) is 50.1 Å². The highest BCUT2D eigenvalue weighted by atomic mass is 32.2. The molecule has 1 aliphatic heterocycles. The normalized spacial score (nSPS) is 23.6. The van der Waals surface area contributed by atoms with Gasteiger partial charge in [0.25, 0.3) is 0 Å². The van der Waals surface area contributed by atoms with Gasteiger partial charge in [0.05, 0.1) is 4.90 Å². The first-order valence-corrected chi connectivity index (χ1v) is 8.98. The molecule has 21 heavy (non-hydrogen) atoms. The second-order valence-corrected chi connectivity index (χ2v) is 7.98. The molecule has 0 spiro atoms. The third kappa shape index (κ3) is 3.07. The number of likely N-dealkylation sites (tertiary alicyclic amines) is 1. The lowest BCUT2D eigenvalue weighted by atomic mass is 10.1. The number of nitrogen functional groups attached to an aromatic ring is 1. The summed E-state index contributed by atoms with van der Waals surface area (Å²) in [6.07, 6.45) is 3.40. The summed E-state index contributed by atoms with van der Waals surface area (Å²) in [5, 5.41) is 0. The molecule has 0 bridgehead atoms. The lowest BCUT2D eigenvalue weighted by molar-refractivity contribution is 0.322. The van der Waals surface area contributed by atoms with Gasteiger partial charge in [-0.1, -0.05) is 0 Å². The molecule has 1 aromatic carbocycles. The molecule has 1 aliphatic carbocycles. The second kappa shape index (κ2) is 5.26. The Labute approximate surface area is 126 Å². The van der Waals surface area contributed by atoms with Gasteiger partial charge in [-0.05, 0) is 56.4 Å². The maximum atomic E-state index is 12.6. The first kappa shape index (κ1) is 14.8. The summed E-state index contributed by atoms with van der Waals surface area (Å²) < 4.78 is 28.1. The van der Waals surface area contributed by atoms with Gasteiger partial charge in [0.2, 0.25) is 10.0 Å². The molecular formula is C15H23N3O2S. The summed E-state index contributed by atoms with van der Waals surface area (Å²) in [6, 6.07) is 4.06. The molecule has 1 heterocycles. The van der Waals surface area contributed by atoms with Crippen LogP contribution in [0.2, 0.25) is 0 Å². The third-order valence-corrected chi connectivity index (χ3v) is 6.18. The summed E-state index contributed by atoms with van der Waals surface area (Å²) in [6.45, 7) is 5.53. The van der Waals surface area contributed by atoms with E-state index in [-0.39, 0.29) is 6.04 Å². The average molecular weight is 309 g/mol. The first-order chi connectivity index (χ1) is 9.87. The van der Waals surface area contributed by atoms with Crippen LogP contribution in [-0.4, -0.2) is 38.5 Å². The molecular weight excluding hydrogens is 286 g/mol. The van der Waals surface area contributed by atoms with Gasteiger partial charge in [-0.15, -0.1) is 0 Å². The predicted molar refractivity (Wildman–Crippen MR) is 83.6 cm³/mol. The van der Waals surface area contributed by atoms with Crippen molar-refractivity contribution < 1.29 is 8.42 Å². The highest BCUT2D eigenvalue weighted by Gasteiger charge is 2.36. The molecule has 1 saturated heterocycles. The fraction of sp³-hybridized carbons (Fsp3) is 0.600. The Bertz CT molecular complexity index is 653. The number of rotatable bonds is 4. The Morgan fingerprint density at radius 1 is 1.24 bits per heavy atom. The van der Waals surface area contributed by atoms with E-state index in [1.807, 2.05) is 13.8 Å². The quantitative estimate of drug-likeness (QED) is 0.824. The molecule has 116 valence electrons. The van der Waals surface area contributed by atoms with Crippen LogP contribution in [0.3, 0.4) is 0 Å². The van der Waals surface area contributed by atoms with Crippen LogP contribution >= 0.6 is 0 Å². The maximum Gasteiger partial charge on any atom is 0.241 e. The van der Waals surface area contributed by atoms with Gasteiger partial charge in [0, 0.05) is 30.9 Å². The van der Waals surface area contributed by atoms with Gasteiger partial charge in [0.15, 0.2) is 0 Å². The summed E-state index contributed by atoms with van der Waals surface area (Å²) in [5.41, 5.74) is 7.97. The topological polar surface area (TPSA) is 75.4 Å². The van der Waals surface area contributed by atoms with Crippen molar-refractivity contribution in [1.29, 1.82) is 0 Å². The second-order valence-electron chi connectivity index (χ2n) is 6.29. The molecule has 1 atom stereocenters. The van der Waals surface area contributed by atoms with Crippen LogP contribution < -0.4 is 10.5 Å². The van der Waals surface area contributed by atoms with Crippen LogP contribution in [0.25, 0.3) is 0 Å². The summed E-state index contributed by atoms with van der Waals surface area (Å²) in [5.74, 6) is 0. The van der Waals surface area contributed by atoms with E-state index in [0.717, 1.165) is 30.6 Å². The Kier molecular flexibility index (Phi) is 3.71. The van der Waals surface area contributed by atoms with E-state index in [9.17, 15) is 8.42 Å². The van der Waals surface area contributed by atoms with Gasteiger partial charge < -0.3 is 5.73 Å². The monoisotopic (exact) mass is 309 g/mol. The molecule has 1 unspecified atom stereocenters. The minimum absolute atomic E-state index is 0.0109. The molecule has 0 radical (unpaired) electrons. The van der Waals surface area contributed by atoms with Crippen molar-refractivity contribution in [2.75, 3.05) is 18.8 Å². The van der Waals surface area contributed by atoms with Gasteiger partial charge in [0.1, 0.15) is 0 Å². The van der Waals surface area contributed by atoms with E-state index in [0.29, 0.717) is 16.6 Å². The predicted octanol–water partition coefficient (Wildman–Crippen LogP) is 1.40. The van der Waals surface area contributed by atoms with E-state index >= 15 is 0 Å². The van der Waals surface area contributed by atoms with Crippen LogP contribution in [0.1, 0.15) is 30.4 Å². The largest absolute Gasteiger partial charge is 0.399 e. The number of anilines is 1. The molecule has 5 nitrogen and oxygen atoms in total. The highest BCUT2D eigenvalue weighted by Crippen LogP contribution is 2.30. The zero-order valence-corrected chi connectivity index (χ0v) is 13.4. The number of hydrogen-bond donors (Lipinski definition) is 2. The number of sulfonamides is 1. The van der Waals surface area contributed by atoms with E-state index in [4.69, 9.17) is 5.73 Å². The number of hydrogen-bond acceptors (Lipinski definition) is 4. The minimum Gasteiger partial charge on any atom is -0.399 e. The van der Waals surface area contributed by atoms with Crippen molar-refractivity contribution in [3.63, 3.8) is 0 Å². The Balaban J connectivity index is 1.78. The molecule has 3 rings (SSSR count). The van der Waals surface area contributed by atoms with Crippen molar-refractivity contribution in [2.24, 2.45) is 0 Å². The molecule has 3 N–H and O–H groups in total. The summed E-state index contributed by atoms with van der Waals surface area (Å²) >= 11 is 0. The number of benzene rings is 1. The van der Waals surface area contributed by atoms with Crippen molar-refractivity contribution >= 4 is 15.7 Å². The SMILES string of the molecule is Cc1cc(N)cc(S(=O)(=O)NC2CCN(C3CC3)C2)c1C. The number of aryl methyl sites for hydroxylation is 1. The first-order valence-electron chi connectivity index (χ1n) is 7.50. The zero-order chi connectivity index (χ0) is 15.2. The number of nitrogens with zero attached hydrogens (tertiary/aromatic N) is 1. The van der Waals surface area contributed by atoms with Crippen molar-refractivity contribution in [1.82, 2.24) is 9.62 Å². The van der Waals surface area contributed by atoms with Gasteiger partial charge >= 0.3 is 0 Å². The number of nitrogens with two attached hydrogens (primary N) is 1. The molecule has 2 aliphatic rings. The zero-order valence-electron chi connectivity index (χ0n) is 12.6. The smallest absolute Gasteiger partial charge is 0.241 e. The molecule has 2 fully saturated rings. The molecule has 6 heteroatoms. The maximum absolute atomic E-state index is 12.6. The van der Waals surface area contributed by atoms with Gasteiger partial charge in [-0.25, -0.2) is 13.1 Å². The molecule has 1 saturated carbocycles. The van der Waals surface area contributed by atoms with Crippen LogP contribution in [0.4, 0.5) is 5.69 Å². The lowest BCUT2D eigenvalue weighted by Gasteiger charge is -2.17. The fourth-order valence-corrected chi connectivity index (χ4v) is 4.68.